The molecule has 88 valence electrons. The minimum absolute atomic E-state index is 0.333. The number of hydrogen-bond donors (Lipinski definition) is 2. The van der Waals surface area contributed by atoms with Gasteiger partial charge in [-0.3, -0.25) is 0 Å². The Kier molecular flexibility index (Phi) is 4.09. The third-order valence-corrected chi connectivity index (χ3v) is 3.44. The molecular formula is C14H21NO. The Morgan fingerprint density at radius 1 is 1.00 bits per heavy atom. The van der Waals surface area contributed by atoms with E-state index in [0.717, 1.165) is 18.2 Å². The van der Waals surface area contributed by atoms with E-state index in [0.29, 0.717) is 5.75 Å². The molecule has 1 aromatic carbocycles. The van der Waals surface area contributed by atoms with Crippen molar-refractivity contribution in [3.05, 3.63) is 24.3 Å². The standard InChI is InChI=1S/C14H21NO/c16-14-9-7-13(8-10-14)15-11-12-5-3-1-2-4-6-12/h7-10,12,15-16H,1-6,11H2. The zero-order valence-corrected chi connectivity index (χ0v) is 9.78. The van der Waals surface area contributed by atoms with Crippen molar-refractivity contribution in [3.8, 4) is 5.75 Å². The molecule has 0 atom stereocenters. The molecule has 1 aliphatic carbocycles. The molecule has 0 heterocycles. The third kappa shape index (κ3) is 3.44. The van der Waals surface area contributed by atoms with Crippen LogP contribution in [0.25, 0.3) is 0 Å². The first-order chi connectivity index (χ1) is 7.84. The highest BCUT2D eigenvalue weighted by molar-refractivity contribution is 5.45. The van der Waals surface area contributed by atoms with Crippen molar-refractivity contribution < 1.29 is 5.11 Å². The average molecular weight is 219 g/mol. The second-order valence-corrected chi connectivity index (χ2v) is 4.79. The van der Waals surface area contributed by atoms with E-state index in [9.17, 15) is 5.11 Å². The summed E-state index contributed by atoms with van der Waals surface area (Å²) in [5.74, 6) is 1.16. The van der Waals surface area contributed by atoms with Gasteiger partial charge in [0.15, 0.2) is 0 Å². The minimum Gasteiger partial charge on any atom is -0.508 e. The SMILES string of the molecule is Oc1ccc(NCC2CCCCCC2)cc1. The minimum atomic E-state index is 0.333. The maximum Gasteiger partial charge on any atom is 0.115 e. The van der Waals surface area contributed by atoms with Crippen LogP contribution in [0.5, 0.6) is 5.75 Å². The van der Waals surface area contributed by atoms with Gasteiger partial charge in [-0.2, -0.15) is 0 Å². The number of nitrogens with one attached hydrogen (secondary N) is 1. The topological polar surface area (TPSA) is 32.3 Å². The maximum atomic E-state index is 9.18. The van der Waals surface area contributed by atoms with Crippen molar-refractivity contribution >= 4 is 5.69 Å². The number of hydrogen-bond acceptors (Lipinski definition) is 2. The van der Waals surface area contributed by atoms with Crippen LogP contribution in [-0.2, 0) is 0 Å². The molecular weight excluding hydrogens is 198 g/mol. The lowest BCUT2D eigenvalue weighted by atomic mass is 10.0. The molecule has 1 aromatic rings. The Balaban J connectivity index is 1.79. The number of aromatic hydroxyl groups is 1. The summed E-state index contributed by atoms with van der Waals surface area (Å²) in [5.41, 5.74) is 1.11. The summed E-state index contributed by atoms with van der Waals surface area (Å²) in [6.07, 6.45) is 8.34. The summed E-state index contributed by atoms with van der Waals surface area (Å²) in [6, 6.07) is 7.34. The summed E-state index contributed by atoms with van der Waals surface area (Å²) >= 11 is 0. The molecule has 0 aromatic heterocycles. The second kappa shape index (κ2) is 5.78. The first-order valence-corrected chi connectivity index (χ1v) is 6.37. The van der Waals surface area contributed by atoms with Crippen molar-refractivity contribution in [2.75, 3.05) is 11.9 Å². The highest BCUT2D eigenvalue weighted by Crippen LogP contribution is 2.23. The monoisotopic (exact) mass is 219 g/mol. The van der Waals surface area contributed by atoms with Crippen molar-refractivity contribution in [3.63, 3.8) is 0 Å². The quantitative estimate of drug-likeness (QED) is 0.599. The van der Waals surface area contributed by atoms with Crippen LogP contribution < -0.4 is 5.32 Å². The van der Waals surface area contributed by atoms with Crippen LogP contribution in [0.4, 0.5) is 5.69 Å². The molecule has 0 saturated heterocycles. The van der Waals surface area contributed by atoms with Gasteiger partial charge in [0.1, 0.15) is 5.75 Å². The first-order valence-electron chi connectivity index (χ1n) is 6.37. The Labute approximate surface area is 97.7 Å². The van der Waals surface area contributed by atoms with Crippen molar-refractivity contribution in [2.45, 2.75) is 38.5 Å². The van der Waals surface area contributed by atoms with E-state index in [1.807, 2.05) is 12.1 Å². The van der Waals surface area contributed by atoms with E-state index >= 15 is 0 Å². The molecule has 0 radical (unpaired) electrons. The van der Waals surface area contributed by atoms with Gasteiger partial charge in [-0.15, -0.1) is 0 Å². The van der Waals surface area contributed by atoms with Gasteiger partial charge < -0.3 is 10.4 Å². The van der Waals surface area contributed by atoms with Gasteiger partial charge in [-0.25, -0.2) is 0 Å². The molecule has 1 fully saturated rings. The van der Waals surface area contributed by atoms with Crippen molar-refractivity contribution in [1.82, 2.24) is 0 Å². The van der Waals surface area contributed by atoms with E-state index < -0.39 is 0 Å². The smallest absolute Gasteiger partial charge is 0.115 e. The number of rotatable bonds is 3. The van der Waals surface area contributed by atoms with E-state index in [4.69, 9.17) is 0 Å². The Hall–Kier alpha value is -1.18. The molecule has 2 nitrogen and oxygen atoms in total. The van der Waals surface area contributed by atoms with E-state index in [-0.39, 0.29) is 0 Å². The molecule has 2 heteroatoms. The predicted molar refractivity (Wildman–Crippen MR) is 67.8 cm³/mol. The fourth-order valence-corrected chi connectivity index (χ4v) is 2.41. The van der Waals surface area contributed by atoms with Crippen LogP contribution in [0.3, 0.4) is 0 Å². The van der Waals surface area contributed by atoms with Gasteiger partial charge in [-0.1, -0.05) is 25.7 Å². The molecule has 1 aliphatic rings. The van der Waals surface area contributed by atoms with Gasteiger partial charge in [0.2, 0.25) is 0 Å². The number of anilines is 1. The highest BCUT2D eigenvalue weighted by atomic mass is 16.3. The lowest BCUT2D eigenvalue weighted by Gasteiger charge is -2.15. The number of benzene rings is 1. The molecule has 1 saturated carbocycles. The fourth-order valence-electron chi connectivity index (χ4n) is 2.41. The molecule has 2 rings (SSSR count). The van der Waals surface area contributed by atoms with Gasteiger partial charge in [0.05, 0.1) is 0 Å². The Bertz CT molecular complexity index is 299. The van der Waals surface area contributed by atoms with Gasteiger partial charge in [-0.05, 0) is 43.0 Å². The molecule has 0 amide bonds. The molecule has 0 aliphatic heterocycles. The molecule has 0 bridgehead atoms. The van der Waals surface area contributed by atoms with Crippen LogP contribution in [-0.4, -0.2) is 11.7 Å². The van der Waals surface area contributed by atoms with Crippen LogP contribution in [0.2, 0.25) is 0 Å². The van der Waals surface area contributed by atoms with Gasteiger partial charge in [0, 0.05) is 12.2 Å². The van der Waals surface area contributed by atoms with Crippen LogP contribution in [0, 0.1) is 5.92 Å². The normalized spacial score (nSPS) is 18.0. The van der Waals surface area contributed by atoms with E-state index in [1.54, 1.807) is 12.1 Å². The van der Waals surface area contributed by atoms with Crippen molar-refractivity contribution in [1.29, 1.82) is 0 Å². The molecule has 2 N–H and O–H groups in total. The van der Waals surface area contributed by atoms with Crippen molar-refractivity contribution in [2.24, 2.45) is 5.92 Å². The van der Waals surface area contributed by atoms with Gasteiger partial charge in [0.25, 0.3) is 0 Å². The Morgan fingerprint density at radius 2 is 1.62 bits per heavy atom. The van der Waals surface area contributed by atoms with Crippen LogP contribution in [0.1, 0.15) is 38.5 Å². The Morgan fingerprint density at radius 3 is 2.25 bits per heavy atom. The summed E-state index contributed by atoms with van der Waals surface area (Å²) in [6.45, 7) is 1.07. The lowest BCUT2D eigenvalue weighted by Crippen LogP contribution is -2.13. The summed E-state index contributed by atoms with van der Waals surface area (Å²) in [7, 11) is 0. The average Bonchev–Trinajstić information content (AvgIpc) is 2.57. The van der Waals surface area contributed by atoms with E-state index in [2.05, 4.69) is 5.32 Å². The molecule has 0 spiro atoms. The maximum absolute atomic E-state index is 9.18. The zero-order valence-electron chi connectivity index (χ0n) is 9.78. The second-order valence-electron chi connectivity index (χ2n) is 4.79. The fraction of sp³-hybridized carbons (Fsp3) is 0.571. The van der Waals surface area contributed by atoms with Crippen LogP contribution in [0.15, 0.2) is 24.3 Å². The third-order valence-electron chi connectivity index (χ3n) is 3.44. The lowest BCUT2D eigenvalue weighted by molar-refractivity contribution is 0.475. The van der Waals surface area contributed by atoms with Crippen LogP contribution >= 0.6 is 0 Å². The number of phenolic OH excluding ortho intramolecular Hbond substituents is 1. The highest BCUT2D eigenvalue weighted by Gasteiger charge is 2.11. The predicted octanol–water partition coefficient (Wildman–Crippen LogP) is 3.77. The molecule has 16 heavy (non-hydrogen) atoms. The summed E-state index contributed by atoms with van der Waals surface area (Å²) < 4.78 is 0. The largest absolute Gasteiger partial charge is 0.508 e. The van der Waals surface area contributed by atoms with Gasteiger partial charge >= 0.3 is 0 Å². The summed E-state index contributed by atoms with van der Waals surface area (Å²) in [5, 5.41) is 12.6. The molecule has 0 unspecified atom stereocenters. The summed E-state index contributed by atoms with van der Waals surface area (Å²) in [4.78, 5) is 0. The van der Waals surface area contributed by atoms with E-state index in [1.165, 1.54) is 38.5 Å². The zero-order chi connectivity index (χ0) is 11.2. The number of phenols is 1. The first kappa shape index (κ1) is 11.3.